The van der Waals surface area contributed by atoms with Crippen LogP contribution in [0.1, 0.15) is 84.0 Å². The van der Waals surface area contributed by atoms with E-state index in [-0.39, 0.29) is 0 Å². The molecule has 0 heterocycles. The minimum atomic E-state index is -3.50. The van der Waals surface area contributed by atoms with Gasteiger partial charge in [0, 0.05) is 6.54 Å². The number of nitrogens with two attached hydrogens (primary N) is 1. The van der Waals surface area contributed by atoms with E-state index < -0.39 is 7.67 Å². The third kappa shape index (κ3) is 18.1. The quantitative estimate of drug-likeness (QED) is 0.329. The van der Waals surface area contributed by atoms with Crippen molar-refractivity contribution in [2.24, 2.45) is 5.50 Å². The number of unbranched alkanes of at least 4 members (excludes halogenated alkanes) is 11. The van der Waals surface area contributed by atoms with Gasteiger partial charge < -0.3 is 4.89 Å². The zero-order valence-corrected chi connectivity index (χ0v) is 13.5. The second-order valence-corrected chi connectivity index (χ2v) is 6.98. The smallest absolute Gasteiger partial charge is 0.322 e. The molecule has 0 aliphatic carbocycles. The van der Waals surface area contributed by atoms with Gasteiger partial charge in [0.05, 0.1) is 0 Å². The average molecular weight is 292 g/mol. The molecule has 0 rings (SSSR count). The van der Waals surface area contributed by atoms with Crippen LogP contribution in [0.4, 0.5) is 0 Å². The first-order valence-electron chi connectivity index (χ1n) is 7.93. The minimum Gasteiger partial charge on any atom is -0.322 e. The summed E-state index contributed by atoms with van der Waals surface area (Å²) in [7, 11) is -3.50. The van der Waals surface area contributed by atoms with Gasteiger partial charge in [0.1, 0.15) is 0 Å². The maximum atomic E-state index is 10.7. The second kappa shape index (κ2) is 13.1. The highest BCUT2D eigenvalue weighted by Gasteiger charge is 2.06. The number of rotatable bonds is 14. The first-order valence-corrected chi connectivity index (χ1v) is 9.65. The molecule has 0 aromatic rings. The molecule has 116 valence electrons. The summed E-state index contributed by atoms with van der Waals surface area (Å²) in [6.07, 6.45) is 15.5. The Kier molecular flexibility index (Phi) is 13.2. The Hall–Kier alpha value is 0.110. The lowest BCUT2D eigenvalue weighted by atomic mass is 10.1. The Bertz CT molecular complexity index is 231. The summed E-state index contributed by atoms with van der Waals surface area (Å²) in [6.45, 7) is 2.80. The topological polar surface area (TPSA) is 75.3 Å². The summed E-state index contributed by atoms with van der Waals surface area (Å²) < 4.78 is 10.7. The molecule has 0 bridgehead atoms. The fourth-order valence-electron chi connectivity index (χ4n) is 2.21. The van der Waals surface area contributed by atoms with Gasteiger partial charge in [0.2, 0.25) is 0 Å². The predicted octanol–water partition coefficient (Wildman–Crippen LogP) is 4.34. The standard InChI is InChI=1S/C14H33N2O2P/c1-2-3-4-5-6-7-8-9-10-11-12-13-14-16-19(15,17)18/h2-14H2,1H3,(H4,15,16,17,18). The molecule has 1 atom stereocenters. The summed E-state index contributed by atoms with van der Waals surface area (Å²) in [5.41, 5.74) is 4.97. The lowest BCUT2D eigenvalue weighted by Crippen LogP contribution is -2.16. The van der Waals surface area contributed by atoms with Gasteiger partial charge in [-0.05, 0) is 6.42 Å². The highest BCUT2D eigenvalue weighted by molar-refractivity contribution is 7.53. The van der Waals surface area contributed by atoms with Crippen molar-refractivity contribution < 1.29 is 9.46 Å². The van der Waals surface area contributed by atoms with Crippen molar-refractivity contribution >= 4 is 7.67 Å². The van der Waals surface area contributed by atoms with Gasteiger partial charge in [0.25, 0.3) is 0 Å². The predicted molar refractivity (Wildman–Crippen MR) is 83.1 cm³/mol. The van der Waals surface area contributed by atoms with Crippen molar-refractivity contribution in [3.63, 3.8) is 0 Å². The van der Waals surface area contributed by atoms with E-state index in [0.29, 0.717) is 6.54 Å². The fraction of sp³-hybridized carbons (Fsp3) is 1.00. The van der Waals surface area contributed by atoms with E-state index >= 15 is 0 Å². The van der Waals surface area contributed by atoms with E-state index in [4.69, 9.17) is 10.4 Å². The molecule has 0 amide bonds. The normalized spacial score (nSPS) is 14.5. The molecule has 0 radical (unpaired) electrons. The molecule has 5 heteroatoms. The maximum Gasteiger partial charge on any atom is 0.335 e. The van der Waals surface area contributed by atoms with E-state index in [1.807, 2.05) is 0 Å². The Labute approximate surface area is 119 Å². The van der Waals surface area contributed by atoms with Gasteiger partial charge >= 0.3 is 7.67 Å². The monoisotopic (exact) mass is 292 g/mol. The van der Waals surface area contributed by atoms with Crippen molar-refractivity contribution in [3.05, 3.63) is 0 Å². The summed E-state index contributed by atoms with van der Waals surface area (Å²) in [6, 6.07) is 0. The lowest BCUT2D eigenvalue weighted by Gasteiger charge is -2.06. The van der Waals surface area contributed by atoms with E-state index in [1.165, 1.54) is 64.2 Å². The largest absolute Gasteiger partial charge is 0.335 e. The van der Waals surface area contributed by atoms with E-state index in [2.05, 4.69) is 12.0 Å². The molecule has 0 aliphatic rings. The molecule has 4 N–H and O–H groups in total. The Morgan fingerprint density at radius 1 is 0.842 bits per heavy atom. The van der Waals surface area contributed by atoms with E-state index in [0.717, 1.165) is 12.8 Å². The minimum absolute atomic E-state index is 0.543. The van der Waals surface area contributed by atoms with Crippen molar-refractivity contribution in [2.75, 3.05) is 6.54 Å². The van der Waals surface area contributed by atoms with Crippen molar-refractivity contribution in [2.45, 2.75) is 84.0 Å². The molecular weight excluding hydrogens is 259 g/mol. The van der Waals surface area contributed by atoms with E-state index in [9.17, 15) is 4.57 Å². The molecule has 0 saturated heterocycles. The Balaban J connectivity index is 3.01. The summed E-state index contributed by atoms with van der Waals surface area (Å²) in [4.78, 5) is 8.82. The number of hydrogen-bond donors (Lipinski definition) is 3. The van der Waals surface area contributed by atoms with Crippen LogP contribution in [0.3, 0.4) is 0 Å². The molecule has 1 unspecified atom stereocenters. The first-order chi connectivity index (χ1) is 9.06. The molecule has 19 heavy (non-hydrogen) atoms. The van der Waals surface area contributed by atoms with Crippen LogP contribution < -0.4 is 10.6 Å². The lowest BCUT2D eigenvalue weighted by molar-refractivity contribution is 0.461. The van der Waals surface area contributed by atoms with Crippen LogP contribution in [0.15, 0.2) is 0 Å². The molecule has 0 aromatic heterocycles. The zero-order chi connectivity index (χ0) is 14.4. The molecule has 0 aliphatic heterocycles. The number of hydrogen-bond acceptors (Lipinski definition) is 1. The number of nitrogens with one attached hydrogen (secondary N) is 1. The van der Waals surface area contributed by atoms with Crippen molar-refractivity contribution in [1.29, 1.82) is 0 Å². The van der Waals surface area contributed by atoms with Crippen LogP contribution in [0.5, 0.6) is 0 Å². The molecule has 4 nitrogen and oxygen atoms in total. The van der Waals surface area contributed by atoms with Gasteiger partial charge in [0.15, 0.2) is 0 Å². The Morgan fingerprint density at radius 3 is 1.58 bits per heavy atom. The van der Waals surface area contributed by atoms with Crippen LogP contribution in [0.25, 0.3) is 0 Å². The molecule has 0 spiro atoms. The van der Waals surface area contributed by atoms with Gasteiger partial charge in [-0.15, -0.1) is 0 Å². The average Bonchev–Trinajstić information content (AvgIpc) is 2.34. The van der Waals surface area contributed by atoms with Crippen LogP contribution in [-0.4, -0.2) is 11.4 Å². The summed E-state index contributed by atoms with van der Waals surface area (Å²) >= 11 is 0. The Morgan fingerprint density at radius 2 is 1.21 bits per heavy atom. The summed E-state index contributed by atoms with van der Waals surface area (Å²) in [5, 5.41) is 2.45. The molecule has 0 fully saturated rings. The van der Waals surface area contributed by atoms with Crippen LogP contribution in [0.2, 0.25) is 0 Å². The van der Waals surface area contributed by atoms with Gasteiger partial charge in [-0.25, -0.2) is 10.6 Å². The highest BCUT2D eigenvalue weighted by Crippen LogP contribution is 2.22. The summed E-state index contributed by atoms with van der Waals surface area (Å²) in [5.74, 6) is 0. The van der Waals surface area contributed by atoms with E-state index in [1.54, 1.807) is 0 Å². The van der Waals surface area contributed by atoms with Crippen molar-refractivity contribution in [3.8, 4) is 0 Å². The fourth-order valence-corrected chi connectivity index (χ4v) is 2.68. The first kappa shape index (κ1) is 19.1. The third-order valence-electron chi connectivity index (χ3n) is 3.37. The SMILES string of the molecule is CCCCCCCCCCCCCCNP(N)(=O)O. The molecule has 0 aromatic carbocycles. The van der Waals surface area contributed by atoms with Crippen LogP contribution >= 0.6 is 7.67 Å². The third-order valence-corrected chi connectivity index (χ3v) is 4.05. The highest BCUT2D eigenvalue weighted by atomic mass is 31.2. The van der Waals surface area contributed by atoms with Gasteiger partial charge in [-0.1, -0.05) is 77.6 Å². The molecule has 0 saturated carbocycles. The van der Waals surface area contributed by atoms with Crippen LogP contribution in [0, 0.1) is 0 Å². The van der Waals surface area contributed by atoms with Crippen LogP contribution in [-0.2, 0) is 4.57 Å². The second-order valence-electron chi connectivity index (χ2n) is 5.42. The molecular formula is C14H33N2O2P. The zero-order valence-electron chi connectivity index (χ0n) is 12.6. The maximum absolute atomic E-state index is 10.7. The van der Waals surface area contributed by atoms with Gasteiger partial charge in [-0.3, -0.25) is 4.57 Å². The van der Waals surface area contributed by atoms with Crippen molar-refractivity contribution in [1.82, 2.24) is 5.09 Å². The van der Waals surface area contributed by atoms with Gasteiger partial charge in [-0.2, -0.15) is 0 Å².